The minimum Gasteiger partial charge on any atom is -0.302 e. The van der Waals surface area contributed by atoms with Crippen molar-refractivity contribution in [1.82, 2.24) is 25.1 Å². The molecule has 1 saturated carbocycles. The van der Waals surface area contributed by atoms with E-state index in [1.54, 1.807) is 4.52 Å². The van der Waals surface area contributed by atoms with Gasteiger partial charge >= 0.3 is 6.18 Å². The van der Waals surface area contributed by atoms with Gasteiger partial charge in [0, 0.05) is 5.92 Å². The van der Waals surface area contributed by atoms with Crippen LogP contribution < -0.4 is 5.32 Å². The Morgan fingerprint density at radius 1 is 1.33 bits per heavy atom. The molecular formula is C9H10F3N5S. The van der Waals surface area contributed by atoms with Gasteiger partial charge in [0.2, 0.25) is 4.96 Å². The number of halogens is 3. The van der Waals surface area contributed by atoms with Gasteiger partial charge in [-0.3, -0.25) is 0 Å². The molecule has 0 unspecified atom stereocenters. The SMILES string of the molecule is FC(F)(F)CNCc1nn2c(C3CC3)nnc2s1. The van der Waals surface area contributed by atoms with Gasteiger partial charge in [-0.1, -0.05) is 11.3 Å². The molecule has 2 aromatic heterocycles. The van der Waals surface area contributed by atoms with Crippen molar-refractivity contribution in [3.63, 3.8) is 0 Å². The van der Waals surface area contributed by atoms with E-state index < -0.39 is 12.7 Å². The molecule has 0 bridgehead atoms. The van der Waals surface area contributed by atoms with Crippen molar-refractivity contribution >= 4 is 16.3 Å². The number of rotatable bonds is 4. The molecule has 98 valence electrons. The second-order valence-corrected chi connectivity index (χ2v) is 5.28. The molecule has 0 amide bonds. The predicted octanol–water partition coefficient (Wildman–Crippen LogP) is 1.72. The Bertz CT molecular complexity index is 556. The number of nitrogens with one attached hydrogen (secondary N) is 1. The second-order valence-electron chi connectivity index (χ2n) is 4.24. The minimum atomic E-state index is -4.20. The first-order chi connectivity index (χ1) is 8.53. The fraction of sp³-hybridized carbons (Fsp3) is 0.667. The van der Waals surface area contributed by atoms with E-state index in [2.05, 4.69) is 20.6 Å². The molecule has 9 heteroatoms. The van der Waals surface area contributed by atoms with Crippen LogP contribution in [0, 0.1) is 0 Å². The van der Waals surface area contributed by atoms with Gasteiger partial charge < -0.3 is 5.32 Å². The third kappa shape index (κ3) is 2.46. The maximum atomic E-state index is 12.0. The topological polar surface area (TPSA) is 55.1 Å². The van der Waals surface area contributed by atoms with Crippen LogP contribution in [0.1, 0.15) is 29.6 Å². The largest absolute Gasteiger partial charge is 0.401 e. The monoisotopic (exact) mass is 277 g/mol. The molecule has 5 nitrogen and oxygen atoms in total. The van der Waals surface area contributed by atoms with Gasteiger partial charge in [-0.2, -0.15) is 22.8 Å². The van der Waals surface area contributed by atoms with Crippen LogP contribution in [0.5, 0.6) is 0 Å². The Morgan fingerprint density at radius 2 is 2.11 bits per heavy atom. The lowest BCUT2D eigenvalue weighted by Gasteiger charge is -2.05. The molecule has 1 aliphatic carbocycles. The van der Waals surface area contributed by atoms with Gasteiger partial charge in [-0.15, -0.1) is 10.2 Å². The van der Waals surface area contributed by atoms with Crippen LogP contribution in [0.3, 0.4) is 0 Å². The highest BCUT2D eigenvalue weighted by atomic mass is 32.1. The van der Waals surface area contributed by atoms with Crippen LogP contribution in [0.15, 0.2) is 0 Å². The van der Waals surface area contributed by atoms with Crippen molar-refractivity contribution in [2.45, 2.75) is 31.5 Å². The normalized spacial score (nSPS) is 16.6. The molecule has 18 heavy (non-hydrogen) atoms. The maximum Gasteiger partial charge on any atom is 0.401 e. The molecule has 0 atom stereocenters. The van der Waals surface area contributed by atoms with E-state index in [0.717, 1.165) is 18.7 Å². The molecule has 3 rings (SSSR count). The lowest BCUT2D eigenvalue weighted by molar-refractivity contribution is -0.125. The van der Waals surface area contributed by atoms with Crippen LogP contribution in [0.4, 0.5) is 13.2 Å². The number of hydrogen-bond acceptors (Lipinski definition) is 5. The molecule has 1 N–H and O–H groups in total. The number of nitrogens with zero attached hydrogens (tertiary/aromatic N) is 4. The summed E-state index contributed by atoms with van der Waals surface area (Å²) in [5.41, 5.74) is 0. The molecule has 0 aliphatic heterocycles. The zero-order chi connectivity index (χ0) is 12.8. The lowest BCUT2D eigenvalue weighted by atomic mass is 10.4. The fourth-order valence-electron chi connectivity index (χ4n) is 1.65. The van der Waals surface area contributed by atoms with Gasteiger partial charge in [0.25, 0.3) is 0 Å². The van der Waals surface area contributed by atoms with Gasteiger partial charge in [0.1, 0.15) is 5.01 Å². The van der Waals surface area contributed by atoms with Gasteiger partial charge in [-0.05, 0) is 12.8 Å². The Labute approximate surface area is 104 Å². The zero-order valence-corrected chi connectivity index (χ0v) is 10.1. The van der Waals surface area contributed by atoms with Crippen molar-refractivity contribution in [2.75, 3.05) is 6.54 Å². The first-order valence-corrected chi connectivity index (χ1v) is 6.33. The molecular weight excluding hydrogens is 267 g/mol. The van der Waals surface area contributed by atoms with Gasteiger partial charge in [-0.25, -0.2) is 0 Å². The van der Waals surface area contributed by atoms with Crippen molar-refractivity contribution in [3.8, 4) is 0 Å². The first-order valence-electron chi connectivity index (χ1n) is 5.51. The number of aromatic nitrogens is 4. The summed E-state index contributed by atoms with van der Waals surface area (Å²) in [7, 11) is 0. The summed E-state index contributed by atoms with van der Waals surface area (Å²) in [6, 6.07) is 0. The summed E-state index contributed by atoms with van der Waals surface area (Å²) in [6.45, 7) is -0.916. The maximum absolute atomic E-state index is 12.0. The molecule has 0 radical (unpaired) electrons. The Kier molecular flexibility index (Phi) is 2.74. The summed E-state index contributed by atoms with van der Waals surface area (Å²) in [6.07, 6.45) is -2.03. The highest BCUT2D eigenvalue weighted by Crippen LogP contribution is 2.39. The summed E-state index contributed by atoms with van der Waals surface area (Å²) >= 11 is 1.26. The van der Waals surface area contributed by atoms with E-state index in [9.17, 15) is 13.2 Å². The molecule has 1 aliphatic rings. The number of fused-ring (bicyclic) bond motifs is 1. The van der Waals surface area contributed by atoms with Crippen molar-refractivity contribution in [2.24, 2.45) is 0 Å². The van der Waals surface area contributed by atoms with Crippen LogP contribution in [-0.4, -0.2) is 32.5 Å². The third-order valence-corrected chi connectivity index (χ3v) is 3.50. The van der Waals surface area contributed by atoms with E-state index in [4.69, 9.17) is 0 Å². The smallest absolute Gasteiger partial charge is 0.302 e. The van der Waals surface area contributed by atoms with E-state index in [1.165, 1.54) is 11.3 Å². The van der Waals surface area contributed by atoms with Crippen molar-refractivity contribution in [1.29, 1.82) is 0 Å². The van der Waals surface area contributed by atoms with E-state index in [0.29, 0.717) is 15.9 Å². The summed E-state index contributed by atoms with van der Waals surface area (Å²) < 4.78 is 37.6. The number of hydrogen-bond donors (Lipinski definition) is 1. The third-order valence-electron chi connectivity index (χ3n) is 2.60. The molecule has 1 fully saturated rings. The Hall–Kier alpha value is -1.22. The quantitative estimate of drug-likeness (QED) is 0.924. The highest BCUT2D eigenvalue weighted by Gasteiger charge is 2.30. The minimum absolute atomic E-state index is 0.0949. The first kappa shape index (κ1) is 11.8. The summed E-state index contributed by atoms with van der Waals surface area (Å²) in [5, 5.41) is 15.2. The second kappa shape index (κ2) is 4.16. The summed E-state index contributed by atoms with van der Waals surface area (Å²) in [5.74, 6) is 1.24. The Morgan fingerprint density at radius 3 is 2.78 bits per heavy atom. The van der Waals surface area contributed by atoms with Crippen LogP contribution in [-0.2, 0) is 6.54 Å². The predicted molar refractivity (Wildman–Crippen MR) is 58.4 cm³/mol. The van der Waals surface area contributed by atoms with Crippen molar-refractivity contribution in [3.05, 3.63) is 10.8 Å². The van der Waals surface area contributed by atoms with E-state index in [1.807, 2.05) is 0 Å². The van der Waals surface area contributed by atoms with Gasteiger partial charge in [0.05, 0.1) is 13.1 Å². The van der Waals surface area contributed by atoms with Gasteiger partial charge in [0.15, 0.2) is 5.82 Å². The van der Waals surface area contributed by atoms with Crippen LogP contribution in [0.2, 0.25) is 0 Å². The fourth-order valence-corrected chi connectivity index (χ4v) is 2.46. The molecule has 2 heterocycles. The molecule has 0 spiro atoms. The lowest BCUT2D eigenvalue weighted by Crippen LogP contribution is -2.28. The number of alkyl halides is 3. The zero-order valence-electron chi connectivity index (χ0n) is 9.24. The standard InChI is InChI=1S/C9H10F3N5S/c10-9(11,12)4-13-3-6-16-17-7(5-1-2-5)14-15-8(17)18-6/h5,13H,1-4H2. The summed E-state index contributed by atoms with van der Waals surface area (Å²) in [4.78, 5) is 0.640. The molecule has 2 aromatic rings. The average molecular weight is 277 g/mol. The average Bonchev–Trinajstić information content (AvgIpc) is 2.89. The van der Waals surface area contributed by atoms with Crippen molar-refractivity contribution < 1.29 is 13.2 Å². The van der Waals surface area contributed by atoms with Crippen LogP contribution in [0.25, 0.3) is 4.96 Å². The van der Waals surface area contributed by atoms with E-state index in [-0.39, 0.29) is 6.54 Å². The van der Waals surface area contributed by atoms with Crippen LogP contribution >= 0.6 is 11.3 Å². The van der Waals surface area contributed by atoms with E-state index >= 15 is 0 Å². The molecule has 0 saturated heterocycles. The molecule has 0 aromatic carbocycles. The highest BCUT2D eigenvalue weighted by molar-refractivity contribution is 7.16. The Balaban J connectivity index is 1.69.